The second-order valence-corrected chi connectivity index (χ2v) is 3.73. The molecular weight excluding hydrogens is 180 g/mol. The highest BCUT2D eigenvalue weighted by Gasteiger charge is 2.29. The quantitative estimate of drug-likeness (QED) is 0.730. The Hall–Kier alpha value is -1.32. The highest BCUT2D eigenvalue weighted by Crippen LogP contribution is 2.37. The molecule has 0 saturated heterocycles. The molecule has 0 spiro atoms. The smallest absolute Gasteiger partial charge is 0.341 e. The van der Waals surface area contributed by atoms with Crippen molar-refractivity contribution in [3.8, 4) is 0 Å². The van der Waals surface area contributed by atoms with Gasteiger partial charge in [0.1, 0.15) is 5.56 Å². The molecule has 4 nitrogen and oxygen atoms in total. The van der Waals surface area contributed by atoms with Gasteiger partial charge in [-0.05, 0) is 19.8 Å². The predicted octanol–water partition coefficient (Wildman–Crippen LogP) is 1.77. The van der Waals surface area contributed by atoms with E-state index in [4.69, 9.17) is 4.74 Å². The van der Waals surface area contributed by atoms with E-state index in [1.165, 1.54) is 13.5 Å². The third kappa shape index (κ3) is 1.31. The van der Waals surface area contributed by atoms with E-state index in [0.29, 0.717) is 11.5 Å². The van der Waals surface area contributed by atoms with Gasteiger partial charge in [-0.2, -0.15) is 5.10 Å². The number of hydrogen-bond acceptors (Lipinski definition) is 3. The fourth-order valence-electron chi connectivity index (χ4n) is 1.78. The third-order valence-electron chi connectivity index (χ3n) is 2.86. The zero-order chi connectivity index (χ0) is 10.1. The number of nitrogens with zero attached hydrogens (tertiary/aromatic N) is 1. The van der Waals surface area contributed by atoms with Crippen molar-refractivity contribution in [2.24, 2.45) is 0 Å². The largest absolute Gasteiger partial charge is 0.465 e. The lowest BCUT2D eigenvalue weighted by Gasteiger charge is -2.23. The molecule has 0 unspecified atom stereocenters. The number of methoxy groups -OCH3 is 1. The SMILES string of the molecule is COC(=O)c1c(C2CCC2)n[nH]c1C. The zero-order valence-corrected chi connectivity index (χ0v) is 8.46. The number of nitrogens with one attached hydrogen (secondary N) is 1. The van der Waals surface area contributed by atoms with Crippen LogP contribution in [0.15, 0.2) is 0 Å². The monoisotopic (exact) mass is 194 g/mol. The van der Waals surface area contributed by atoms with Crippen LogP contribution < -0.4 is 0 Å². The van der Waals surface area contributed by atoms with E-state index in [-0.39, 0.29) is 5.97 Å². The van der Waals surface area contributed by atoms with Crippen LogP contribution in [0.2, 0.25) is 0 Å². The number of rotatable bonds is 2. The minimum atomic E-state index is -0.279. The molecule has 2 rings (SSSR count). The van der Waals surface area contributed by atoms with E-state index in [1.807, 2.05) is 6.92 Å². The molecular formula is C10H14N2O2. The molecule has 14 heavy (non-hydrogen) atoms. The lowest BCUT2D eigenvalue weighted by atomic mass is 9.81. The lowest BCUT2D eigenvalue weighted by Crippen LogP contribution is -2.14. The van der Waals surface area contributed by atoms with Gasteiger partial charge in [0.25, 0.3) is 0 Å². The summed E-state index contributed by atoms with van der Waals surface area (Å²) in [5, 5.41) is 7.03. The van der Waals surface area contributed by atoms with Crippen LogP contribution in [-0.2, 0) is 4.74 Å². The average molecular weight is 194 g/mol. The molecule has 1 aromatic heterocycles. The fourth-order valence-corrected chi connectivity index (χ4v) is 1.78. The van der Waals surface area contributed by atoms with Gasteiger partial charge in [0.15, 0.2) is 0 Å². The van der Waals surface area contributed by atoms with E-state index < -0.39 is 0 Å². The Morgan fingerprint density at radius 3 is 2.79 bits per heavy atom. The number of H-pyrrole nitrogens is 1. The Bertz CT molecular complexity index is 353. The first kappa shape index (κ1) is 9.24. The molecule has 76 valence electrons. The van der Waals surface area contributed by atoms with Crippen LogP contribution in [0.25, 0.3) is 0 Å². The van der Waals surface area contributed by atoms with E-state index in [1.54, 1.807) is 0 Å². The van der Waals surface area contributed by atoms with Gasteiger partial charge in [0.2, 0.25) is 0 Å². The molecule has 0 radical (unpaired) electrons. The standard InChI is InChI=1S/C10H14N2O2/c1-6-8(10(13)14-2)9(12-11-6)7-4-3-5-7/h7H,3-5H2,1-2H3,(H,11,12). The summed E-state index contributed by atoms with van der Waals surface area (Å²) in [6, 6.07) is 0. The first-order chi connectivity index (χ1) is 6.74. The molecule has 1 aromatic rings. The lowest BCUT2D eigenvalue weighted by molar-refractivity contribution is 0.0597. The summed E-state index contributed by atoms with van der Waals surface area (Å²) in [6.07, 6.45) is 3.50. The molecule has 0 aromatic carbocycles. The van der Waals surface area contributed by atoms with Crippen molar-refractivity contribution in [3.63, 3.8) is 0 Å². The van der Waals surface area contributed by atoms with Crippen LogP contribution in [0, 0.1) is 6.92 Å². The second kappa shape index (κ2) is 3.44. The van der Waals surface area contributed by atoms with Crippen molar-refractivity contribution in [3.05, 3.63) is 17.0 Å². The topological polar surface area (TPSA) is 55.0 Å². The summed E-state index contributed by atoms with van der Waals surface area (Å²) < 4.78 is 4.74. The van der Waals surface area contributed by atoms with Gasteiger partial charge in [-0.1, -0.05) is 6.42 Å². The molecule has 1 aliphatic carbocycles. The first-order valence-electron chi connectivity index (χ1n) is 4.87. The normalized spacial score (nSPS) is 16.4. The molecule has 1 saturated carbocycles. The number of aryl methyl sites for hydroxylation is 1. The summed E-state index contributed by atoms with van der Waals surface area (Å²) in [5.74, 6) is 0.173. The molecule has 1 aliphatic rings. The second-order valence-electron chi connectivity index (χ2n) is 3.73. The number of aromatic nitrogens is 2. The van der Waals surface area contributed by atoms with Gasteiger partial charge in [-0.15, -0.1) is 0 Å². The van der Waals surface area contributed by atoms with E-state index in [9.17, 15) is 4.79 Å². The summed E-state index contributed by atoms with van der Waals surface area (Å²) in [5.41, 5.74) is 2.33. The van der Waals surface area contributed by atoms with Crippen LogP contribution in [-0.4, -0.2) is 23.3 Å². The highest BCUT2D eigenvalue weighted by atomic mass is 16.5. The van der Waals surface area contributed by atoms with Crippen molar-refractivity contribution in [1.29, 1.82) is 0 Å². The summed E-state index contributed by atoms with van der Waals surface area (Å²) in [6.45, 7) is 1.85. The van der Waals surface area contributed by atoms with Crippen molar-refractivity contribution in [1.82, 2.24) is 10.2 Å². The molecule has 1 fully saturated rings. The first-order valence-corrected chi connectivity index (χ1v) is 4.87. The minimum absolute atomic E-state index is 0.279. The maximum absolute atomic E-state index is 11.5. The van der Waals surface area contributed by atoms with Crippen molar-refractivity contribution in [2.45, 2.75) is 32.1 Å². The maximum Gasteiger partial charge on any atom is 0.341 e. The van der Waals surface area contributed by atoms with Crippen LogP contribution in [0.5, 0.6) is 0 Å². The molecule has 1 heterocycles. The van der Waals surface area contributed by atoms with Gasteiger partial charge in [0.05, 0.1) is 12.8 Å². The van der Waals surface area contributed by atoms with Crippen molar-refractivity contribution >= 4 is 5.97 Å². The van der Waals surface area contributed by atoms with Gasteiger partial charge >= 0.3 is 5.97 Å². The minimum Gasteiger partial charge on any atom is -0.465 e. The highest BCUT2D eigenvalue weighted by molar-refractivity contribution is 5.92. The molecule has 1 N–H and O–H groups in total. The molecule has 4 heteroatoms. The molecule has 0 atom stereocenters. The zero-order valence-electron chi connectivity index (χ0n) is 8.46. The van der Waals surface area contributed by atoms with E-state index in [0.717, 1.165) is 24.2 Å². The number of ether oxygens (including phenoxy) is 1. The van der Waals surface area contributed by atoms with Crippen LogP contribution in [0.4, 0.5) is 0 Å². The number of esters is 1. The van der Waals surface area contributed by atoms with Crippen molar-refractivity contribution in [2.75, 3.05) is 7.11 Å². The Morgan fingerprint density at radius 1 is 1.57 bits per heavy atom. The Balaban J connectivity index is 2.34. The van der Waals surface area contributed by atoms with Gasteiger partial charge in [0, 0.05) is 11.6 Å². The van der Waals surface area contributed by atoms with Crippen LogP contribution >= 0.6 is 0 Å². The van der Waals surface area contributed by atoms with Gasteiger partial charge in [-0.3, -0.25) is 5.10 Å². The Morgan fingerprint density at radius 2 is 2.29 bits per heavy atom. The molecule has 0 amide bonds. The Kier molecular flexibility index (Phi) is 2.27. The summed E-state index contributed by atoms with van der Waals surface area (Å²) >= 11 is 0. The van der Waals surface area contributed by atoms with Crippen molar-refractivity contribution < 1.29 is 9.53 Å². The molecule has 0 bridgehead atoms. The number of hydrogen-bond donors (Lipinski definition) is 1. The predicted molar refractivity (Wildman–Crippen MR) is 51.3 cm³/mol. The van der Waals surface area contributed by atoms with Crippen LogP contribution in [0.3, 0.4) is 0 Å². The summed E-state index contributed by atoms with van der Waals surface area (Å²) in [4.78, 5) is 11.5. The molecule has 0 aliphatic heterocycles. The third-order valence-corrected chi connectivity index (χ3v) is 2.86. The summed E-state index contributed by atoms with van der Waals surface area (Å²) in [7, 11) is 1.40. The van der Waals surface area contributed by atoms with Gasteiger partial charge < -0.3 is 4.74 Å². The fraction of sp³-hybridized carbons (Fsp3) is 0.600. The van der Waals surface area contributed by atoms with E-state index in [2.05, 4.69) is 10.2 Å². The number of carbonyl (C=O) groups excluding carboxylic acids is 1. The van der Waals surface area contributed by atoms with Gasteiger partial charge in [-0.25, -0.2) is 4.79 Å². The Labute approximate surface area is 82.7 Å². The van der Waals surface area contributed by atoms with E-state index >= 15 is 0 Å². The average Bonchev–Trinajstić information content (AvgIpc) is 2.44. The van der Waals surface area contributed by atoms with Crippen LogP contribution in [0.1, 0.15) is 46.9 Å². The maximum atomic E-state index is 11.5. The number of aromatic amines is 1. The number of carbonyl (C=O) groups is 1.